The SMILES string of the molecule is Cc1ccc(C)c(NC(=O)COc2ccc(/C=C(/C#N)C(=O)Nc3ccc(Cl)cc3)cc2)c1. The third kappa shape index (κ3) is 6.96. The molecule has 0 unspecified atom stereocenters. The van der Waals surface area contributed by atoms with Crippen LogP contribution in [-0.2, 0) is 9.59 Å². The summed E-state index contributed by atoms with van der Waals surface area (Å²) in [7, 11) is 0. The molecule has 0 spiro atoms. The van der Waals surface area contributed by atoms with Gasteiger partial charge in [0.2, 0.25) is 0 Å². The molecule has 0 heterocycles. The highest BCUT2D eigenvalue weighted by Gasteiger charge is 2.10. The summed E-state index contributed by atoms with van der Waals surface area (Å²) < 4.78 is 5.54. The van der Waals surface area contributed by atoms with Crippen molar-refractivity contribution in [3.8, 4) is 11.8 Å². The first-order valence-corrected chi connectivity index (χ1v) is 10.5. The number of hydrogen-bond donors (Lipinski definition) is 2. The predicted octanol–water partition coefficient (Wildman–Crippen LogP) is 5.52. The summed E-state index contributed by atoms with van der Waals surface area (Å²) in [6.45, 7) is 3.74. The van der Waals surface area contributed by atoms with Gasteiger partial charge < -0.3 is 15.4 Å². The minimum Gasteiger partial charge on any atom is -0.484 e. The molecular formula is C26H22ClN3O3. The van der Waals surface area contributed by atoms with E-state index in [0.717, 1.165) is 16.8 Å². The van der Waals surface area contributed by atoms with Gasteiger partial charge in [0, 0.05) is 16.4 Å². The maximum Gasteiger partial charge on any atom is 0.266 e. The monoisotopic (exact) mass is 459 g/mol. The molecule has 0 saturated heterocycles. The van der Waals surface area contributed by atoms with Crippen molar-refractivity contribution in [3.05, 3.63) is 94.0 Å². The zero-order valence-electron chi connectivity index (χ0n) is 18.2. The van der Waals surface area contributed by atoms with Crippen LogP contribution >= 0.6 is 11.6 Å². The Kier molecular flexibility index (Phi) is 7.85. The Hall–Kier alpha value is -4.08. The van der Waals surface area contributed by atoms with Crippen LogP contribution in [-0.4, -0.2) is 18.4 Å². The summed E-state index contributed by atoms with van der Waals surface area (Å²) in [5.74, 6) is -0.297. The van der Waals surface area contributed by atoms with E-state index in [1.165, 1.54) is 6.08 Å². The molecule has 7 heteroatoms. The Balaban J connectivity index is 1.58. The molecule has 0 atom stereocenters. The van der Waals surface area contributed by atoms with E-state index in [4.69, 9.17) is 16.3 Å². The number of aryl methyl sites for hydroxylation is 2. The highest BCUT2D eigenvalue weighted by molar-refractivity contribution is 6.30. The topological polar surface area (TPSA) is 91.2 Å². The van der Waals surface area contributed by atoms with E-state index in [9.17, 15) is 14.9 Å². The first kappa shape index (κ1) is 23.6. The minimum atomic E-state index is -0.525. The number of rotatable bonds is 7. The quantitative estimate of drug-likeness (QED) is 0.359. The first-order valence-electron chi connectivity index (χ1n) is 10.1. The summed E-state index contributed by atoms with van der Waals surface area (Å²) in [4.78, 5) is 24.6. The van der Waals surface area contributed by atoms with E-state index in [2.05, 4.69) is 10.6 Å². The molecule has 3 aromatic carbocycles. The Morgan fingerprint density at radius 1 is 1.00 bits per heavy atom. The average Bonchev–Trinajstić information content (AvgIpc) is 2.80. The zero-order chi connectivity index (χ0) is 23.8. The van der Waals surface area contributed by atoms with Crippen LogP contribution < -0.4 is 15.4 Å². The minimum absolute atomic E-state index is 0.0495. The second-order valence-corrected chi connectivity index (χ2v) is 7.79. The smallest absolute Gasteiger partial charge is 0.266 e. The fourth-order valence-electron chi connectivity index (χ4n) is 2.91. The number of nitriles is 1. The third-order valence-corrected chi connectivity index (χ3v) is 4.95. The third-order valence-electron chi connectivity index (χ3n) is 4.70. The molecule has 3 aromatic rings. The van der Waals surface area contributed by atoms with Crippen LogP contribution in [0.3, 0.4) is 0 Å². The second kappa shape index (κ2) is 11.0. The van der Waals surface area contributed by atoms with Crippen molar-refractivity contribution in [1.82, 2.24) is 0 Å². The van der Waals surface area contributed by atoms with Gasteiger partial charge in [-0.05, 0) is 79.1 Å². The van der Waals surface area contributed by atoms with Crippen LogP contribution in [0.15, 0.2) is 72.3 Å². The van der Waals surface area contributed by atoms with E-state index in [0.29, 0.717) is 22.0 Å². The average molecular weight is 460 g/mol. The Morgan fingerprint density at radius 2 is 1.70 bits per heavy atom. The van der Waals surface area contributed by atoms with Crippen LogP contribution in [0.5, 0.6) is 5.75 Å². The molecule has 33 heavy (non-hydrogen) atoms. The summed E-state index contributed by atoms with van der Waals surface area (Å²) in [6.07, 6.45) is 1.47. The van der Waals surface area contributed by atoms with Crippen LogP contribution in [0.2, 0.25) is 5.02 Å². The lowest BCUT2D eigenvalue weighted by atomic mass is 10.1. The largest absolute Gasteiger partial charge is 0.484 e. The molecule has 3 rings (SSSR count). The van der Waals surface area contributed by atoms with Crippen LogP contribution in [0.1, 0.15) is 16.7 Å². The normalized spacial score (nSPS) is 10.8. The lowest BCUT2D eigenvalue weighted by Gasteiger charge is -2.10. The van der Waals surface area contributed by atoms with Crippen molar-refractivity contribution in [2.75, 3.05) is 17.2 Å². The lowest BCUT2D eigenvalue weighted by Crippen LogP contribution is -2.20. The number of carbonyl (C=O) groups excluding carboxylic acids is 2. The van der Waals surface area contributed by atoms with Crippen LogP contribution in [0, 0.1) is 25.2 Å². The van der Waals surface area contributed by atoms with Crippen molar-refractivity contribution in [3.63, 3.8) is 0 Å². The van der Waals surface area contributed by atoms with Gasteiger partial charge in [0.05, 0.1) is 0 Å². The van der Waals surface area contributed by atoms with Crippen molar-refractivity contribution < 1.29 is 14.3 Å². The molecule has 0 radical (unpaired) electrons. The summed E-state index contributed by atoms with van der Waals surface area (Å²) in [5, 5.41) is 15.4. The van der Waals surface area contributed by atoms with Gasteiger partial charge in [-0.1, -0.05) is 35.9 Å². The van der Waals surface area contributed by atoms with Crippen molar-refractivity contribution >= 4 is 40.9 Å². The molecule has 2 amide bonds. The number of nitrogens with zero attached hydrogens (tertiary/aromatic N) is 1. The van der Waals surface area contributed by atoms with Gasteiger partial charge in [-0.3, -0.25) is 9.59 Å². The van der Waals surface area contributed by atoms with Gasteiger partial charge in [0.1, 0.15) is 17.4 Å². The molecule has 0 fully saturated rings. The number of carbonyl (C=O) groups is 2. The number of hydrogen-bond acceptors (Lipinski definition) is 4. The molecule has 0 aromatic heterocycles. The fraction of sp³-hybridized carbons (Fsp3) is 0.115. The number of halogens is 1. The molecule has 0 saturated carbocycles. The standard InChI is InChI=1S/C26H22ClN3O3/c1-17-3-4-18(2)24(13-17)30-25(31)16-33-23-11-5-19(6-12-23)14-20(15-28)26(32)29-22-9-7-21(27)8-10-22/h3-14H,16H2,1-2H3,(H,29,32)(H,30,31)/b20-14-. The summed E-state index contributed by atoms with van der Waals surface area (Å²) in [5.41, 5.74) is 3.91. The van der Waals surface area contributed by atoms with Crippen molar-refractivity contribution in [2.24, 2.45) is 0 Å². The van der Waals surface area contributed by atoms with E-state index in [1.807, 2.05) is 38.1 Å². The number of nitrogens with one attached hydrogen (secondary N) is 2. The summed E-state index contributed by atoms with van der Waals surface area (Å²) in [6, 6.07) is 21.1. The molecule has 0 aliphatic carbocycles. The lowest BCUT2D eigenvalue weighted by molar-refractivity contribution is -0.118. The predicted molar refractivity (Wildman–Crippen MR) is 130 cm³/mol. The Bertz CT molecular complexity index is 1230. The second-order valence-electron chi connectivity index (χ2n) is 7.36. The van der Waals surface area contributed by atoms with Crippen LogP contribution in [0.25, 0.3) is 6.08 Å². The van der Waals surface area contributed by atoms with Gasteiger partial charge in [-0.2, -0.15) is 5.26 Å². The molecule has 2 N–H and O–H groups in total. The first-order chi connectivity index (χ1) is 15.8. The molecule has 0 aliphatic rings. The maximum absolute atomic E-state index is 12.4. The Labute approximate surface area is 197 Å². The van der Waals surface area contributed by atoms with Gasteiger partial charge in [-0.25, -0.2) is 0 Å². The van der Waals surface area contributed by atoms with Crippen molar-refractivity contribution in [2.45, 2.75) is 13.8 Å². The Morgan fingerprint density at radius 3 is 2.36 bits per heavy atom. The molecule has 166 valence electrons. The van der Waals surface area contributed by atoms with E-state index in [1.54, 1.807) is 48.5 Å². The van der Waals surface area contributed by atoms with E-state index >= 15 is 0 Å². The van der Waals surface area contributed by atoms with E-state index < -0.39 is 5.91 Å². The molecular weight excluding hydrogens is 438 g/mol. The van der Waals surface area contributed by atoms with Crippen LogP contribution in [0.4, 0.5) is 11.4 Å². The van der Waals surface area contributed by atoms with Gasteiger partial charge in [0.25, 0.3) is 11.8 Å². The number of ether oxygens (including phenoxy) is 1. The maximum atomic E-state index is 12.4. The fourth-order valence-corrected chi connectivity index (χ4v) is 3.04. The zero-order valence-corrected chi connectivity index (χ0v) is 18.9. The molecule has 0 aliphatic heterocycles. The van der Waals surface area contributed by atoms with E-state index in [-0.39, 0.29) is 18.1 Å². The molecule has 0 bridgehead atoms. The van der Waals surface area contributed by atoms with Crippen molar-refractivity contribution in [1.29, 1.82) is 5.26 Å². The number of anilines is 2. The summed E-state index contributed by atoms with van der Waals surface area (Å²) >= 11 is 5.84. The highest BCUT2D eigenvalue weighted by Crippen LogP contribution is 2.18. The number of amides is 2. The highest BCUT2D eigenvalue weighted by atomic mass is 35.5. The van der Waals surface area contributed by atoms with Gasteiger partial charge in [0.15, 0.2) is 6.61 Å². The number of benzene rings is 3. The van der Waals surface area contributed by atoms with Gasteiger partial charge in [-0.15, -0.1) is 0 Å². The van der Waals surface area contributed by atoms with Gasteiger partial charge >= 0.3 is 0 Å². The molecule has 6 nitrogen and oxygen atoms in total.